The maximum absolute atomic E-state index is 12.1. The van der Waals surface area contributed by atoms with Gasteiger partial charge in [-0.1, -0.05) is 6.42 Å². The SMILES string of the molecule is CN(CC(F)(F)F)C(=O)NCC1CCCC1C(=O)O. The number of carboxylic acids is 1. The summed E-state index contributed by atoms with van der Waals surface area (Å²) >= 11 is 0. The van der Waals surface area contributed by atoms with Gasteiger partial charge in [-0.2, -0.15) is 13.2 Å². The number of halogens is 3. The lowest BCUT2D eigenvalue weighted by molar-refractivity contribution is -0.142. The Balaban J connectivity index is 2.39. The molecule has 0 radical (unpaired) electrons. The number of urea groups is 1. The minimum atomic E-state index is -4.44. The smallest absolute Gasteiger partial charge is 0.406 e. The van der Waals surface area contributed by atoms with Crippen LogP contribution >= 0.6 is 0 Å². The third-order valence-corrected chi connectivity index (χ3v) is 3.25. The Morgan fingerprint density at radius 1 is 1.37 bits per heavy atom. The number of carbonyl (C=O) groups is 2. The standard InChI is InChI=1S/C11H17F3N2O3/c1-16(6-11(12,13)14)10(19)15-5-7-3-2-4-8(7)9(17)18/h7-8H,2-6H2,1H3,(H,15,19)(H,17,18). The first-order valence-electron chi connectivity index (χ1n) is 5.99. The second-order valence-electron chi connectivity index (χ2n) is 4.79. The third kappa shape index (κ3) is 4.96. The molecule has 1 saturated carbocycles. The number of carbonyl (C=O) groups excluding carboxylic acids is 1. The summed E-state index contributed by atoms with van der Waals surface area (Å²) in [6, 6.07) is -0.839. The van der Waals surface area contributed by atoms with Gasteiger partial charge in [0, 0.05) is 13.6 Å². The predicted molar refractivity (Wildman–Crippen MR) is 60.6 cm³/mol. The molecule has 2 atom stereocenters. The second kappa shape index (κ2) is 6.12. The normalized spacial score (nSPS) is 23.2. The number of hydrogen-bond acceptors (Lipinski definition) is 2. The summed E-state index contributed by atoms with van der Waals surface area (Å²) in [5.41, 5.74) is 0. The van der Waals surface area contributed by atoms with Crippen LogP contribution in [0.1, 0.15) is 19.3 Å². The van der Waals surface area contributed by atoms with Gasteiger partial charge in [-0.05, 0) is 18.8 Å². The number of amides is 2. The van der Waals surface area contributed by atoms with Crippen molar-refractivity contribution in [2.75, 3.05) is 20.1 Å². The summed E-state index contributed by atoms with van der Waals surface area (Å²) in [6.45, 7) is -1.23. The molecular formula is C11H17F3N2O3. The van der Waals surface area contributed by atoms with Gasteiger partial charge < -0.3 is 15.3 Å². The van der Waals surface area contributed by atoms with Crippen LogP contribution < -0.4 is 5.32 Å². The molecule has 5 nitrogen and oxygen atoms in total. The van der Waals surface area contributed by atoms with Crippen molar-refractivity contribution in [2.45, 2.75) is 25.4 Å². The number of nitrogens with one attached hydrogen (secondary N) is 1. The molecule has 0 aromatic carbocycles. The van der Waals surface area contributed by atoms with Crippen molar-refractivity contribution in [1.82, 2.24) is 10.2 Å². The van der Waals surface area contributed by atoms with Gasteiger partial charge in [-0.3, -0.25) is 4.79 Å². The van der Waals surface area contributed by atoms with E-state index in [2.05, 4.69) is 5.32 Å². The Hall–Kier alpha value is -1.47. The second-order valence-corrected chi connectivity index (χ2v) is 4.79. The zero-order valence-electron chi connectivity index (χ0n) is 10.5. The summed E-state index contributed by atoms with van der Waals surface area (Å²) in [5, 5.41) is 11.3. The van der Waals surface area contributed by atoms with E-state index in [0.717, 1.165) is 13.5 Å². The van der Waals surface area contributed by atoms with Gasteiger partial charge >= 0.3 is 18.2 Å². The summed E-state index contributed by atoms with van der Waals surface area (Å²) in [5.74, 6) is -1.64. The maximum atomic E-state index is 12.1. The van der Waals surface area contributed by atoms with Gasteiger partial charge in [0.05, 0.1) is 5.92 Å². The molecule has 0 bridgehead atoms. The van der Waals surface area contributed by atoms with Crippen molar-refractivity contribution in [2.24, 2.45) is 11.8 Å². The van der Waals surface area contributed by atoms with E-state index in [1.165, 1.54) is 0 Å². The largest absolute Gasteiger partial charge is 0.481 e. The molecule has 2 unspecified atom stereocenters. The van der Waals surface area contributed by atoms with E-state index in [0.29, 0.717) is 17.7 Å². The molecule has 0 aliphatic heterocycles. The van der Waals surface area contributed by atoms with E-state index in [1.807, 2.05) is 0 Å². The number of hydrogen-bond donors (Lipinski definition) is 2. The van der Waals surface area contributed by atoms with E-state index < -0.39 is 30.6 Å². The Morgan fingerprint density at radius 3 is 2.53 bits per heavy atom. The Morgan fingerprint density at radius 2 is 2.00 bits per heavy atom. The predicted octanol–water partition coefficient (Wildman–Crippen LogP) is 1.69. The number of rotatable bonds is 4. The van der Waals surface area contributed by atoms with E-state index in [4.69, 9.17) is 5.11 Å². The molecule has 1 rings (SSSR count). The quantitative estimate of drug-likeness (QED) is 0.824. The molecule has 0 saturated heterocycles. The van der Waals surface area contributed by atoms with Gasteiger partial charge in [0.15, 0.2) is 0 Å². The summed E-state index contributed by atoms with van der Waals surface area (Å²) in [4.78, 5) is 22.9. The first-order chi connectivity index (χ1) is 8.70. The zero-order valence-corrected chi connectivity index (χ0v) is 10.5. The molecule has 0 spiro atoms. The highest BCUT2D eigenvalue weighted by Gasteiger charge is 2.34. The lowest BCUT2D eigenvalue weighted by Gasteiger charge is -2.22. The van der Waals surface area contributed by atoms with Crippen LogP contribution in [-0.4, -0.2) is 48.3 Å². The van der Waals surface area contributed by atoms with Crippen LogP contribution in [0.3, 0.4) is 0 Å². The molecule has 1 aliphatic carbocycles. The Bertz CT molecular complexity index is 347. The van der Waals surface area contributed by atoms with Crippen molar-refractivity contribution >= 4 is 12.0 Å². The van der Waals surface area contributed by atoms with Gasteiger partial charge in [0.1, 0.15) is 6.54 Å². The van der Waals surface area contributed by atoms with E-state index in [1.54, 1.807) is 0 Å². The number of alkyl halides is 3. The number of nitrogens with zero attached hydrogens (tertiary/aromatic N) is 1. The first-order valence-corrected chi connectivity index (χ1v) is 5.99. The minimum absolute atomic E-state index is 0.0952. The monoisotopic (exact) mass is 282 g/mol. The average molecular weight is 282 g/mol. The molecule has 1 fully saturated rings. The summed E-state index contributed by atoms with van der Waals surface area (Å²) < 4.78 is 36.2. The number of aliphatic carboxylic acids is 1. The molecule has 0 aromatic rings. The van der Waals surface area contributed by atoms with Crippen LogP contribution in [0.2, 0.25) is 0 Å². The lowest BCUT2D eigenvalue weighted by atomic mass is 9.96. The van der Waals surface area contributed by atoms with Crippen molar-refractivity contribution < 1.29 is 27.9 Å². The molecule has 0 aromatic heterocycles. The van der Waals surface area contributed by atoms with Crippen molar-refractivity contribution in [3.05, 3.63) is 0 Å². The van der Waals surface area contributed by atoms with E-state index >= 15 is 0 Å². The minimum Gasteiger partial charge on any atom is -0.481 e. The van der Waals surface area contributed by atoms with Crippen LogP contribution in [0.15, 0.2) is 0 Å². The number of carboxylic acid groups (broad SMARTS) is 1. The molecule has 19 heavy (non-hydrogen) atoms. The molecule has 8 heteroatoms. The van der Waals surface area contributed by atoms with Gasteiger partial charge in [-0.15, -0.1) is 0 Å². The Labute approximate surface area is 108 Å². The molecule has 2 amide bonds. The highest BCUT2D eigenvalue weighted by Crippen LogP contribution is 2.31. The van der Waals surface area contributed by atoms with Gasteiger partial charge in [0.2, 0.25) is 0 Å². The molecule has 0 heterocycles. The van der Waals surface area contributed by atoms with Gasteiger partial charge in [0.25, 0.3) is 0 Å². The lowest BCUT2D eigenvalue weighted by Crippen LogP contribution is -2.44. The maximum Gasteiger partial charge on any atom is 0.406 e. The average Bonchev–Trinajstić information content (AvgIpc) is 2.71. The zero-order chi connectivity index (χ0) is 14.6. The van der Waals surface area contributed by atoms with Crippen LogP contribution in [0, 0.1) is 11.8 Å². The van der Waals surface area contributed by atoms with Crippen LogP contribution in [0.5, 0.6) is 0 Å². The summed E-state index contributed by atoms with van der Waals surface area (Å²) in [6.07, 6.45) is -2.46. The van der Waals surface area contributed by atoms with Gasteiger partial charge in [-0.25, -0.2) is 4.79 Å². The fourth-order valence-electron chi connectivity index (χ4n) is 2.30. The fourth-order valence-corrected chi connectivity index (χ4v) is 2.30. The third-order valence-electron chi connectivity index (χ3n) is 3.25. The molecular weight excluding hydrogens is 265 g/mol. The highest BCUT2D eigenvalue weighted by atomic mass is 19.4. The first kappa shape index (κ1) is 15.6. The fraction of sp³-hybridized carbons (Fsp3) is 0.818. The van der Waals surface area contributed by atoms with Crippen molar-refractivity contribution in [1.29, 1.82) is 0 Å². The van der Waals surface area contributed by atoms with Crippen molar-refractivity contribution in [3.63, 3.8) is 0 Å². The highest BCUT2D eigenvalue weighted by molar-refractivity contribution is 5.74. The van der Waals surface area contributed by atoms with Crippen LogP contribution in [0.4, 0.5) is 18.0 Å². The molecule has 110 valence electrons. The topological polar surface area (TPSA) is 69.6 Å². The molecule has 2 N–H and O–H groups in total. The van der Waals surface area contributed by atoms with Crippen LogP contribution in [-0.2, 0) is 4.79 Å². The molecule has 1 aliphatic rings. The van der Waals surface area contributed by atoms with Crippen molar-refractivity contribution in [3.8, 4) is 0 Å². The van der Waals surface area contributed by atoms with E-state index in [-0.39, 0.29) is 12.5 Å². The summed E-state index contributed by atoms with van der Waals surface area (Å²) in [7, 11) is 1.05. The van der Waals surface area contributed by atoms with Crippen LogP contribution in [0.25, 0.3) is 0 Å². The Kier molecular flexibility index (Phi) is 5.02. The van der Waals surface area contributed by atoms with E-state index in [9.17, 15) is 22.8 Å².